The number of nitrogens with one attached hydrogen (secondary N) is 1. The molecule has 0 atom stereocenters. The Labute approximate surface area is 123 Å². The van der Waals surface area contributed by atoms with E-state index < -0.39 is 0 Å². The van der Waals surface area contributed by atoms with Crippen LogP contribution in [0.25, 0.3) is 0 Å². The molecule has 0 aromatic heterocycles. The molecule has 79 valence electrons. The molecule has 1 rings (SSSR count). The van der Waals surface area contributed by atoms with E-state index in [0.29, 0.717) is 6.44 Å². The average molecular weight is 296 g/mol. The largest absolute Gasteiger partial charge is 0.358 e. The first-order valence-corrected chi connectivity index (χ1v) is 4.64. The van der Waals surface area contributed by atoms with E-state index in [1.54, 1.807) is 0 Å². The van der Waals surface area contributed by atoms with E-state index in [0.717, 1.165) is 25.0 Å². The molecule has 5 heteroatoms. The van der Waals surface area contributed by atoms with Crippen molar-refractivity contribution in [1.29, 1.82) is 0 Å². The molecule has 0 heterocycles. The zero-order valence-corrected chi connectivity index (χ0v) is 12.6. The summed E-state index contributed by atoms with van der Waals surface area (Å²) in [6, 6.07) is 7.88. The van der Waals surface area contributed by atoms with Gasteiger partial charge >= 0.3 is 83.9 Å². The van der Waals surface area contributed by atoms with Crippen LogP contribution < -0.4 is 5.32 Å². The van der Waals surface area contributed by atoms with Crippen molar-refractivity contribution in [2.45, 2.75) is 11.3 Å². The molecule has 0 fully saturated rings. The molecule has 0 bridgehead atoms. The third-order valence-electron chi connectivity index (χ3n) is 1.74. The summed E-state index contributed by atoms with van der Waals surface area (Å²) >= 11 is 4.96. The Bertz CT molecular complexity index is 269. The van der Waals surface area contributed by atoms with Crippen molar-refractivity contribution < 1.29 is 37.4 Å². The molecule has 0 saturated carbocycles. The maximum atomic E-state index is 9.98. The van der Waals surface area contributed by atoms with Gasteiger partial charge in [0.15, 0.2) is 0 Å². The Morgan fingerprint density at radius 1 is 1.27 bits per heavy atom. The van der Waals surface area contributed by atoms with Crippen LogP contribution in [0.1, 0.15) is 5.56 Å². The van der Waals surface area contributed by atoms with Crippen LogP contribution in [-0.2, 0) is 56.5 Å². The van der Waals surface area contributed by atoms with Crippen molar-refractivity contribution in [2.24, 2.45) is 0 Å². The first kappa shape index (κ1) is 17.8. The monoisotopic (exact) mass is 296 g/mol. The van der Waals surface area contributed by atoms with Crippen LogP contribution in [0, 0.1) is 7.43 Å². The van der Waals surface area contributed by atoms with Crippen molar-refractivity contribution in [3.05, 3.63) is 37.3 Å². The summed E-state index contributed by atoms with van der Waals surface area (Å²) in [5.41, 5.74) is 1.24. The van der Waals surface area contributed by atoms with E-state index in [1.807, 2.05) is 24.3 Å². The van der Waals surface area contributed by atoms with Gasteiger partial charge in [0, 0.05) is 32.7 Å². The number of rotatable bonds is 5. The summed E-state index contributed by atoms with van der Waals surface area (Å²) < 4.78 is 9.98. The van der Waals surface area contributed by atoms with E-state index in [9.17, 15) is 4.70 Å². The fourth-order valence-electron chi connectivity index (χ4n) is 1.05. The summed E-state index contributed by atoms with van der Waals surface area (Å²) in [6.07, 6.45) is 1.36. The van der Waals surface area contributed by atoms with Gasteiger partial charge in [0.1, 0.15) is 0 Å². The number of hydrogen-bond donors (Lipinski definition) is 1. The summed E-state index contributed by atoms with van der Waals surface area (Å²) in [5.74, 6) is 0. The number of benzene rings is 1. The molecule has 0 aliphatic heterocycles. The zero-order chi connectivity index (χ0) is 9.52. The van der Waals surface area contributed by atoms with Crippen LogP contribution in [-0.4, -0.2) is 20.1 Å². The molecule has 0 aliphatic rings. The standard InChI is InChI=1S/C9H12BNOS.CH3.Y/c12-10-7-11-6-5-8-1-3-9(13)4-2-8;;/h1-4,11,13H,5-7H2;1H3;/q;-1;/p-1. The minimum Gasteiger partial charge on any atom is -0.358 e. The van der Waals surface area contributed by atoms with Gasteiger partial charge in [-0.15, -0.1) is 0 Å². The van der Waals surface area contributed by atoms with Gasteiger partial charge in [-0.2, -0.15) is 0 Å². The second-order valence-corrected chi connectivity index (χ2v) is 3.24. The Kier molecular flexibility index (Phi) is 12.9. The summed E-state index contributed by atoms with van der Waals surface area (Å²) in [6.45, 7) is 0.829. The van der Waals surface area contributed by atoms with Gasteiger partial charge in [0.05, 0.1) is 0 Å². The first-order valence-electron chi connectivity index (χ1n) is 4.23. The minimum atomic E-state index is 0. The van der Waals surface area contributed by atoms with Crippen molar-refractivity contribution in [3.63, 3.8) is 0 Å². The molecule has 1 aromatic rings. The van der Waals surface area contributed by atoms with Gasteiger partial charge in [-0.05, 0) is 0 Å². The van der Waals surface area contributed by atoms with Gasteiger partial charge in [-0.1, -0.05) is 0 Å². The van der Waals surface area contributed by atoms with Crippen molar-refractivity contribution in [1.82, 2.24) is 5.32 Å². The van der Waals surface area contributed by atoms with Crippen LogP contribution in [0.3, 0.4) is 0 Å². The van der Waals surface area contributed by atoms with Crippen LogP contribution >= 0.6 is 0 Å². The molecule has 15 heavy (non-hydrogen) atoms. The molecule has 2 nitrogen and oxygen atoms in total. The molecule has 1 radical (unpaired) electrons. The maximum Gasteiger partial charge on any atom is 0 e. The molecule has 0 amide bonds. The van der Waals surface area contributed by atoms with Crippen LogP contribution in [0.5, 0.6) is 0 Å². The van der Waals surface area contributed by atoms with Gasteiger partial charge in [0.2, 0.25) is 0 Å². The zero-order valence-electron chi connectivity index (χ0n) is 8.90. The Morgan fingerprint density at radius 2 is 1.87 bits per heavy atom. The van der Waals surface area contributed by atoms with E-state index in [2.05, 4.69) is 5.32 Å². The molecule has 0 aliphatic carbocycles. The van der Waals surface area contributed by atoms with Crippen molar-refractivity contribution in [3.8, 4) is 0 Å². The fourth-order valence-corrected chi connectivity index (χ4v) is 1.19. The second kappa shape index (κ2) is 10.9. The maximum absolute atomic E-state index is 9.98. The molecule has 1 aromatic carbocycles. The summed E-state index contributed by atoms with van der Waals surface area (Å²) in [7, 11) is 0.867. The molecule has 0 unspecified atom stereocenters. The third-order valence-corrected chi connectivity index (χ3v) is 2.01. The third kappa shape index (κ3) is 8.20. The van der Waals surface area contributed by atoms with Gasteiger partial charge in [-0.3, -0.25) is 0 Å². The van der Waals surface area contributed by atoms with Crippen molar-refractivity contribution >= 4 is 19.8 Å². The van der Waals surface area contributed by atoms with Crippen LogP contribution in [0.4, 0.5) is 0 Å². The van der Waals surface area contributed by atoms with E-state index in [-0.39, 0.29) is 40.1 Å². The average Bonchev–Trinajstić information content (AvgIpc) is 2.15. The summed E-state index contributed by atoms with van der Waals surface area (Å²) in [4.78, 5) is 0.865. The van der Waals surface area contributed by atoms with E-state index in [1.165, 1.54) is 5.56 Å². The SMILES string of the molecule is O=BCNCCc1ccc([S-])cc1.[CH3-].[Y]. The van der Waals surface area contributed by atoms with Gasteiger partial charge < -0.3 is 7.43 Å². The predicted octanol–water partition coefficient (Wildman–Crippen LogP) is 1.18. The second-order valence-electron chi connectivity index (χ2n) is 2.76. The topological polar surface area (TPSA) is 29.1 Å². The normalized spacial score (nSPS) is 8.27. The fraction of sp³-hybridized carbons (Fsp3) is 0.300. The molecule has 1 N–H and O–H groups in total. The molecular formula is C10H14BNOSY-2. The molecular weight excluding hydrogens is 282 g/mol. The van der Waals surface area contributed by atoms with Crippen molar-refractivity contribution in [2.75, 3.05) is 13.0 Å². The van der Waals surface area contributed by atoms with Crippen LogP contribution in [0.2, 0.25) is 0 Å². The van der Waals surface area contributed by atoms with Gasteiger partial charge in [-0.25, -0.2) is 0 Å². The van der Waals surface area contributed by atoms with Gasteiger partial charge in [0.25, 0.3) is 0 Å². The number of hydrogen-bond acceptors (Lipinski definition) is 3. The quantitative estimate of drug-likeness (QED) is 0.383. The Balaban J connectivity index is 0. The molecule has 0 saturated heterocycles. The Hall–Kier alpha value is 0.369. The van der Waals surface area contributed by atoms with E-state index in [4.69, 9.17) is 12.6 Å². The smallest absolute Gasteiger partial charge is 0 e. The molecule has 0 spiro atoms. The summed E-state index contributed by atoms with van der Waals surface area (Å²) in [5, 5.41) is 3.00. The minimum absolute atomic E-state index is 0. The Morgan fingerprint density at radius 3 is 2.40 bits per heavy atom. The predicted molar refractivity (Wildman–Crippen MR) is 61.5 cm³/mol. The first-order chi connectivity index (χ1) is 6.33. The van der Waals surface area contributed by atoms with E-state index >= 15 is 0 Å². The van der Waals surface area contributed by atoms with Crippen LogP contribution in [0.15, 0.2) is 29.2 Å².